The maximum atomic E-state index is 13.6. The Bertz CT molecular complexity index is 899. The lowest BCUT2D eigenvalue weighted by molar-refractivity contribution is -0.154. The molecule has 2 N–H and O–H groups in total. The molecule has 3 saturated heterocycles. The van der Waals surface area contributed by atoms with Crippen molar-refractivity contribution < 1.29 is 29.0 Å². The lowest BCUT2D eigenvalue weighted by atomic mass is 9.70. The lowest BCUT2D eigenvalue weighted by Gasteiger charge is -2.34. The molecule has 1 aromatic rings. The van der Waals surface area contributed by atoms with Crippen molar-refractivity contribution in [2.75, 3.05) is 25.1 Å². The van der Waals surface area contributed by atoms with Crippen LogP contribution in [0.2, 0.25) is 5.02 Å². The van der Waals surface area contributed by atoms with Crippen LogP contribution in [0, 0.1) is 11.8 Å². The molecular formula is C22H26BrClN2O6. The normalized spacial score (nSPS) is 32.8. The van der Waals surface area contributed by atoms with Gasteiger partial charge in [-0.2, -0.15) is 0 Å². The van der Waals surface area contributed by atoms with Crippen LogP contribution in [0.5, 0.6) is 0 Å². The van der Waals surface area contributed by atoms with Gasteiger partial charge in [0.25, 0.3) is 0 Å². The van der Waals surface area contributed by atoms with Gasteiger partial charge in [0.2, 0.25) is 11.8 Å². The number of aliphatic hydroxyl groups is 1. The number of halogens is 2. The van der Waals surface area contributed by atoms with Crippen molar-refractivity contribution in [1.82, 2.24) is 4.90 Å². The average Bonchev–Trinajstić information content (AvgIpc) is 3.34. The molecule has 0 aliphatic carbocycles. The van der Waals surface area contributed by atoms with Crippen LogP contribution in [0.4, 0.5) is 5.69 Å². The average molecular weight is 530 g/mol. The standard InChI is InChI=1S/C22H26BrClN2O6/c1-2-31-21(30)15-16-20(29)26(9-3-4-10-27)18(22(16)11-14(23)17(15)32-22)19(28)25-13-7-5-12(24)6-8-13/h5-8,14-18,27H,2-4,9-11H2,1H3,(H,25,28)/t14?,15-,16+,17-,18-,22+/m1/s1. The van der Waals surface area contributed by atoms with Crippen LogP contribution in [0.3, 0.4) is 0 Å². The van der Waals surface area contributed by atoms with Gasteiger partial charge in [-0.25, -0.2) is 0 Å². The zero-order valence-corrected chi connectivity index (χ0v) is 20.0. The molecular weight excluding hydrogens is 504 g/mol. The zero-order chi connectivity index (χ0) is 23.0. The third kappa shape index (κ3) is 3.83. The second-order valence-electron chi connectivity index (χ2n) is 8.37. The second kappa shape index (κ2) is 9.29. The number of rotatable bonds is 8. The Morgan fingerprint density at radius 3 is 2.72 bits per heavy atom. The van der Waals surface area contributed by atoms with E-state index in [2.05, 4.69) is 21.2 Å². The largest absolute Gasteiger partial charge is 0.466 e. The summed E-state index contributed by atoms with van der Waals surface area (Å²) < 4.78 is 11.6. The maximum absolute atomic E-state index is 13.6. The Morgan fingerprint density at radius 1 is 1.34 bits per heavy atom. The van der Waals surface area contributed by atoms with E-state index >= 15 is 0 Å². The van der Waals surface area contributed by atoms with Crippen molar-refractivity contribution in [3.05, 3.63) is 29.3 Å². The van der Waals surface area contributed by atoms with Crippen LogP contribution in [0.15, 0.2) is 24.3 Å². The molecule has 6 atom stereocenters. The highest BCUT2D eigenvalue weighted by molar-refractivity contribution is 9.09. The number of anilines is 1. The molecule has 0 radical (unpaired) electrons. The number of carbonyl (C=O) groups is 3. The molecule has 2 bridgehead atoms. The fourth-order valence-electron chi connectivity index (χ4n) is 5.32. The molecule has 3 fully saturated rings. The number of amides is 2. The van der Waals surface area contributed by atoms with Gasteiger partial charge in [-0.15, -0.1) is 0 Å². The van der Waals surface area contributed by atoms with Crippen LogP contribution in [0.1, 0.15) is 26.2 Å². The first kappa shape index (κ1) is 23.5. The summed E-state index contributed by atoms with van der Waals surface area (Å²) in [6.07, 6.45) is 0.923. The highest BCUT2D eigenvalue weighted by atomic mass is 79.9. The van der Waals surface area contributed by atoms with Crippen LogP contribution >= 0.6 is 27.5 Å². The number of carbonyl (C=O) groups excluding carboxylic acids is 3. The Balaban J connectivity index is 1.68. The van der Waals surface area contributed by atoms with Crippen LogP contribution in [0.25, 0.3) is 0 Å². The molecule has 1 aromatic carbocycles. The third-order valence-electron chi connectivity index (χ3n) is 6.52. The number of hydrogen-bond donors (Lipinski definition) is 2. The van der Waals surface area contributed by atoms with E-state index in [4.69, 9.17) is 21.1 Å². The number of likely N-dealkylation sites (tertiary alicyclic amines) is 1. The van der Waals surface area contributed by atoms with Crippen molar-refractivity contribution in [2.24, 2.45) is 11.8 Å². The van der Waals surface area contributed by atoms with Crippen molar-refractivity contribution in [2.45, 2.75) is 48.8 Å². The summed E-state index contributed by atoms with van der Waals surface area (Å²) in [7, 11) is 0. The van der Waals surface area contributed by atoms with E-state index in [1.165, 1.54) is 4.90 Å². The van der Waals surface area contributed by atoms with Crippen LogP contribution in [-0.4, -0.2) is 70.1 Å². The number of hydrogen-bond acceptors (Lipinski definition) is 6. The number of fused-ring (bicyclic) bond motifs is 1. The van der Waals surface area contributed by atoms with Gasteiger partial charge in [0.15, 0.2) is 0 Å². The summed E-state index contributed by atoms with van der Waals surface area (Å²) in [5, 5.41) is 12.6. The molecule has 0 saturated carbocycles. The van der Waals surface area contributed by atoms with E-state index in [0.717, 1.165) is 0 Å². The van der Waals surface area contributed by atoms with Gasteiger partial charge in [-0.1, -0.05) is 27.5 Å². The van der Waals surface area contributed by atoms with E-state index in [0.29, 0.717) is 30.0 Å². The molecule has 1 unspecified atom stereocenters. The Labute approximate surface area is 199 Å². The SMILES string of the molecule is CCOC(=O)[C@H]1[C@@H]2O[C@@]3(CC2Br)[C@@H]1C(=O)N(CCCCO)[C@@H]3C(=O)Nc1ccc(Cl)cc1. The molecule has 174 valence electrons. The van der Waals surface area contributed by atoms with Crippen LogP contribution < -0.4 is 5.32 Å². The first-order valence-corrected chi connectivity index (χ1v) is 12.1. The van der Waals surface area contributed by atoms with E-state index in [1.54, 1.807) is 31.2 Å². The summed E-state index contributed by atoms with van der Waals surface area (Å²) in [6.45, 7) is 2.19. The summed E-state index contributed by atoms with van der Waals surface area (Å²) in [5.41, 5.74) is -0.574. The first-order valence-electron chi connectivity index (χ1n) is 10.8. The number of unbranched alkanes of at least 4 members (excludes halogenated alkanes) is 1. The summed E-state index contributed by atoms with van der Waals surface area (Å²) in [5.74, 6) is -2.68. The van der Waals surface area contributed by atoms with Gasteiger partial charge < -0.3 is 24.8 Å². The Kier molecular flexibility index (Phi) is 6.81. The molecule has 10 heteroatoms. The number of nitrogens with zero attached hydrogens (tertiary/aromatic N) is 1. The lowest BCUT2D eigenvalue weighted by Crippen LogP contribution is -2.54. The molecule has 3 heterocycles. The highest BCUT2D eigenvalue weighted by Gasteiger charge is 2.76. The van der Waals surface area contributed by atoms with Gasteiger partial charge in [-0.3, -0.25) is 14.4 Å². The van der Waals surface area contributed by atoms with E-state index in [9.17, 15) is 19.5 Å². The minimum atomic E-state index is -1.12. The Morgan fingerprint density at radius 2 is 2.06 bits per heavy atom. The van der Waals surface area contributed by atoms with Gasteiger partial charge in [0.1, 0.15) is 11.6 Å². The first-order chi connectivity index (χ1) is 15.3. The smallest absolute Gasteiger partial charge is 0.312 e. The van der Waals surface area contributed by atoms with Gasteiger partial charge in [0.05, 0.1) is 24.5 Å². The minimum Gasteiger partial charge on any atom is -0.466 e. The monoisotopic (exact) mass is 528 g/mol. The summed E-state index contributed by atoms with van der Waals surface area (Å²) in [6, 6.07) is 5.80. The van der Waals surface area contributed by atoms with Crippen molar-refractivity contribution in [3.63, 3.8) is 0 Å². The number of nitrogens with one attached hydrogen (secondary N) is 1. The number of aliphatic hydroxyl groups excluding tert-OH is 1. The number of benzene rings is 1. The molecule has 32 heavy (non-hydrogen) atoms. The van der Waals surface area contributed by atoms with Crippen molar-refractivity contribution in [1.29, 1.82) is 0 Å². The maximum Gasteiger partial charge on any atom is 0.312 e. The molecule has 3 aliphatic heterocycles. The molecule has 4 rings (SSSR count). The molecule has 8 nitrogen and oxygen atoms in total. The fourth-order valence-corrected chi connectivity index (χ4v) is 6.38. The predicted molar refractivity (Wildman–Crippen MR) is 120 cm³/mol. The van der Waals surface area contributed by atoms with Crippen LogP contribution in [-0.2, 0) is 23.9 Å². The van der Waals surface area contributed by atoms with Crippen molar-refractivity contribution >= 4 is 51.0 Å². The Hall–Kier alpha value is -1.68. The third-order valence-corrected chi connectivity index (χ3v) is 7.61. The van der Waals surface area contributed by atoms with E-state index in [-0.39, 0.29) is 36.4 Å². The van der Waals surface area contributed by atoms with Gasteiger partial charge in [0, 0.05) is 28.7 Å². The van der Waals surface area contributed by atoms with E-state index in [1.807, 2.05) is 0 Å². The molecule has 2 amide bonds. The predicted octanol–water partition coefficient (Wildman–Crippen LogP) is 2.36. The molecule has 0 aromatic heterocycles. The fraction of sp³-hybridized carbons (Fsp3) is 0.591. The number of esters is 1. The molecule has 3 aliphatic rings. The second-order valence-corrected chi connectivity index (χ2v) is 9.99. The van der Waals surface area contributed by atoms with Crippen molar-refractivity contribution in [3.8, 4) is 0 Å². The summed E-state index contributed by atoms with van der Waals surface area (Å²) in [4.78, 5) is 41.2. The minimum absolute atomic E-state index is 0.00820. The van der Waals surface area contributed by atoms with Gasteiger partial charge in [-0.05, 0) is 50.5 Å². The molecule has 1 spiro atoms. The van der Waals surface area contributed by atoms with Gasteiger partial charge >= 0.3 is 5.97 Å². The number of alkyl halides is 1. The quantitative estimate of drug-likeness (QED) is 0.304. The topological polar surface area (TPSA) is 105 Å². The summed E-state index contributed by atoms with van der Waals surface area (Å²) >= 11 is 9.54. The highest BCUT2D eigenvalue weighted by Crippen LogP contribution is 2.60. The number of ether oxygens (including phenoxy) is 2. The van der Waals surface area contributed by atoms with E-state index < -0.39 is 35.6 Å². The zero-order valence-electron chi connectivity index (χ0n) is 17.6.